The molecular weight excluding hydrogens is 448 g/mol. The zero-order valence-corrected chi connectivity index (χ0v) is 19.2. The molecule has 2 heterocycles. The van der Waals surface area contributed by atoms with Crippen LogP contribution in [0.25, 0.3) is 16.9 Å². The number of nitrogens with one attached hydrogen (secondary N) is 1. The lowest BCUT2D eigenvalue weighted by Crippen LogP contribution is -2.38. The van der Waals surface area contributed by atoms with E-state index in [0.29, 0.717) is 28.5 Å². The van der Waals surface area contributed by atoms with Gasteiger partial charge in [-0.05, 0) is 55.8 Å². The first-order valence-corrected chi connectivity index (χ1v) is 11.3. The standard InChI is InChI=1S/C25H26ClF2N3O2/c1-17-21(25(32)29-9-2-10-30-11-13-33-14-12-30)16-24(18-3-5-19(26)6-4-18)31(17)23-8-7-20(27)15-22(23)28/h3-8,15-16H,2,9-14H2,1H3,(H,29,32). The molecule has 1 N–H and O–H groups in total. The minimum Gasteiger partial charge on any atom is -0.379 e. The van der Waals surface area contributed by atoms with Crippen molar-refractivity contribution in [3.63, 3.8) is 0 Å². The van der Waals surface area contributed by atoms with Gasteiger partial charge in [-0.25, -0.2) is 8.78 Å². The van der Waals surface area contributed by atoms with Crippen LogP contribution in [0.15, 0.2) is 48.5 Å². The van der Waals surface area contributed by atoms with Crippen molar-refractivity contribution >= 4 is 17.5 Å². The predicted octanol–water partition coefficient (Wildman–Crippen LogP) is 4.84. The van der Waals surface area contributed by atoms with Crippen LogP contribution in [0.5, 0.6) is 0 Å². The Morgan fingerprint density at radius 3 is 2.52 bits per heavy atom. The van der Waals surface area contributed by atoms with Gasteiger partial charge in [0.15, 0.2) is 0 Å². The smallest absolute Gasteiger partial charge is 0.253 e. The number of aromatic nitrogens is 1. The maximum absolute atomic E-state index is 14.7. The minimum absolute atomic E-state index is 0.171. The molecule has 0 saturated carbocycles. The molecule has 2 aromatic carbocycles. The van der Waals surface area contributed by atoms with E-state index in [1.54, 1.807) is 41.8 Å². The van der Waals surface area contributed by atoms with Crippen LogP contribution >= 0.6 is 11.6 Å². The molecule has 174 valence electrons. The number of morpholine rings is 1. The second-order valence-corrected chi connectivity index (χ2v) is 8.47. The number of carbonyl (C=O) groups excluding carboxylic acids is 1. The fourth-order valence-corrected chi connectivity index (χ4v) is 4.19. The number of carbonyl (C=O) groups is 1. The molecule has 1 aromatic heterocycles. The predicted molar refractivity (Wildman–Crippen MR) is 125 cm³/mol. The van der Waals surface area contributed by atoms with Gasteiger partial charge in [-0.15, -0.1) is 0 Å². The summed E-state index contributed by atoms with van der Waals surface area (Å²) in [6, 6.07) is 12.2. The highest BCUT2D eigenvalue weighted by Crippen LogP contribution is 2.31. The second kappa shape index (κ2) is 10.5. The van der Waals surface area contributed by atoms with E-state index in [9.17, 15) is 13.6 Å². The summed E-state index contributed by atoms with van der Waals surface area (Å²) in [6.45, 7) is 6.47. The Balaban J connectivity index is 1.59. The molecule has 0 aliphatic carbocycles. The van der Waals surface area contributed by atoms with Crippen LogP contribution in [-0.4, -0.2) is 54.8 Å². The van der Waals surface area contributed by atoms with Crippen molar-refractivity contribution in [1.82, 2.24) is 14.8 Å². The number of amides is 1. The number of halogens is 3. The normalized spacial score (nSPS) is 14.4. The third kappa shape index (κ3) is 5.43. The minimum atomic E-state index is -0.707. The molecule has 1 aliphatic rings. The van der Waals surface area contributed by atoms with Crippen molar-refractivity contribution in [3.8, 4) is 16.9 Å². The lowest BCUT2D eigenvalue weighted by atomic mass is 10.1. The Bertz CT molecular complexity index is 1130. The molecule has 0 spiro atoms. The summed E-state index contributed by atoms with van der Waals surface area (Å²) >= 11 is 6.03. The molecule has 3 aromatic rings. The van der Waals surface area contributed by atoms with Gasteiger partial charge < -0.3 is 14.6 Å². The maximum atomic E-state index is 14.7. The van der Waals surface area contributed by atoms with Crippen molar-refractivity contribution in [1.29, 1.82) is 0 Å². The molecule has 1 saturated heterocycles. The molecule has 5 nitrogen and oxygen atoms in total. The summed E-state index contributed by atoms with van der Waals surface area (Å²) < 4.78 is 35.2. The third-order valence-electron chi connectivity index (χ3n) is 5.82. The molecular formula is C25H26ClF2N3O2. The molecule has 0 unspecified atom stereocenters. The largest absolute Gasteiger partial charge is 0.379 e. The SMILES string of the molecule is Cc1c(C(=O)NCCCN2CCOCC2)cc(-c2ccc(Cl)cc2)n1-c1ccc(F)cc1F. The Hall–Kier alpha value is -2.74. The summed E-state index contributed by atoms with van der Waals surface area (Å²) in [6.07, 6.45) is 0.822. The van der Waals surface area contributed by atoms with E-state index in [-0.39, 0.29) is 11.6 Å². The Labute approximate surface area is 196 Å². The molecule has 8 heteroatoms. The van der Waals surface area contributed by atoms with Gasteiger partial charge in [-0.2, -0.15) is 0 Å². The Morgan fingerprint density at radius 2 is 1.82 bits per heavy atom. The van der Waals surface area contributed by atoms with Gasteiger partial charge in [0, 0.05) is 36.4 Å². The summed E-state index contributed by atoms with van der Waals surface area (Å²) in [5.41, 5.74) is 2.56. The summed E-state index contributed by atoms with van der Waals surface area (Å²) in [7, 11) is 0. The van der Waals surface area contributed by atoms with E-state index in [0.717, 1.165) is 50.9 Å². The lowest BCUT2D eigenvalue weighted by molar-refractivity contribution is 0.0374. The van der Waals surface area contributed by atoms with Gasteiger partial charge in [0.2, 0.25) is 0 Å². The number of rotatable bonds is 7. The highest BCUT2D eigenvalue weighted by molar-refractivity contribution is 6.30. The molecule has 1 amide bonds. The molecule has 0 radical (unpaired) electrons. The monoisotopic (exact) mass is 473 g/mol. The van der Waals surface area contributed by atoms with Crippen molar-refractivity contribution in [2.24, 2.45) is 0 Å². The van der Waals surface area contributed by atoms with Crippen LogP contribution in [0.3, 0.4) is 0 Å². The first-order chi connectivity index (χ1) is 15.9. The number of hydrogen-bond donors (Lipinski definition) is 1. The Kier molecular flexibility index (Phi) is 7.42. The van der Waals surface area contributed by atoms with Gasteiger partial charge in [0.05, 0.1) is 30.2 Å². The lowest BCUT2D eigenvalue weighted by Gasteiger charge is -2.26. The first-order valence-electron chi connectivity index (χ1n) is 11.0. The quantitative estimate of drug-likeness (QED) is 0.500. The first kappa shape index (κ1) is 23.4. The van der Waals surface area contributed by atoms with Gasteiger partial charge >= 0.3 is 0 Å². The average Bonchev–Trinajstić information content (AvgIpc) is 3.15. The Morgan fingerprint density at radius 1 is 1.09 bits per heavy atom. The molecule has 33 heavy (non-hydrogen) atoms. The fraction of sp³-hybridized carbons (Fsp3) is 0.320. The molecule has 0 bridgehead atoms. The molecule has 0 atom stereocenters. The highest BCUT2D eigenvalue weighted by Gasteiger charge is 2.21. The van der Waals surface area contributed by atoms with Crippen molar-refractivity contribution in [2.75, 3.05) is 39.4 Å². The number of benzene rings is 2. The topological polar surface area (TPSA) is 46.5 Å². The maximum Gasteiger partial charge on any atom is 0.253 e. The van der Waals surface area contributed by atoms with Crippen LogP contribution in [0, 0.1) is 18.6 Å². The van der Waals surface area contributed by atoms with Gasteiger partial charge in [0.1, 0.15) is 11.6 Å². The zero-order chi connectivity index (χ0) is 23.4. The zero-order valence-electron chi connectivity index (χ0n) is 18.4. The van der Waals surface area contributed by atoms with Crippen LogP contribution in [0.2, 0.25) is 5.02 Å². The fourth-order valence-electron chi connectivity index (χ4n) is 4.07. The van der Waals surface area contributed by atoms with Gasteiger partial charge in [-0.3, -0.25) is 9.69 Å². The van der Waals surface area contributed by atoms with E-state index in [1.807, 2.05) is 0 Å². The summed E-state index contributed by atoms with van der Waals surface area (Å²) in [5, 5.41) is 3.54. The van der Waals surface area contributed by atoms with E-state index < -0.39 is 11.6 Å². The molecule has 1 fully saturated rings. The number of hydrogen-bond acceptors (Lipinski definition) is 3. The summed E-state index contributed by atoms with van der Waals surface area (Å²) in [5.74, 6) is -1.60. The third-order valence-corrected chi connectivity index (χ3v) is 6.07. The van der Waals surface area contributed by atoms with Crippen LogP contribution in [-0.2, 0) is 4.74 Å². The molecule has 1 aliphatic heterocycles. The van der Waals surface area contributed by atoms with E-state index in [4.69, 9.17) is 16.3 Å². The van der Waals surface area contributed by atoms with E-state index >= 15 is 0 Å². The van der Waals surface area contributed by atoms with Gasteiger partial charge in [-0.1, -0.05) is 23.7 Å². The van der Waals surface area contributed by atoms with Crippen LogP contribution in [0.4, 0.5) is 8.78 Å². The van der Waals surface area contributed by atoms with Crippen LogP contribution in [0.1, 0.15) is 22.5 Å². The van der Waals surface area contributed by atoms with Crippen molar-refractivity contribution in [3.05, 3.63) is 76.4 Å². The number of nitrogens with zero attached hydrogens (tertiary/aromatic N) is 2. The summed E-state index contributed by atoms with van der Waals surface area (Å²) in [4.78, 5) is 15.3. The van der Waals surface area contributed by atoms with Gasteiger partial charge in [0.25, 0.3) is 5.91 Å². The number of ether oxygens (including phenoxy) is 1. The van der Waals surface area contributed by atoms with E-state index in [2.05, 4.69) is 10.2 Å². The highest BCUT2D eigenvalue weighted by atomic mass is 35.5. The second-order valence-electron chi connectivity index (χ2n) is 8.03. The van der Waals surface area contributed by atoms with Crippen molar-refractivity contribution in [2.45, 2.75) is 13.3 Å². The van der Waals surface area contributed by atoms with E-state index in [1.165, 1.54) is 12.1 Å². The average molecular weight is 474 g/mol. The van der Waals surface area contributed by atoms with Crippen LogP contribution < -0.4 is 5.32 Å². The van der Waals surface area contributed by atoms with Crippen molar-refractivity contribution < 1.29 is 18.3 Å². The molecule has 4 rings (SSSR count).